The highest BCUT2D eigenvalue weighted by Gasteiger charge is 2.51. The van der Waals surface area contributed by atoms with Crippen LogP contribution in [0.3, 0.4) is 0 Å². The van der Waals surface area contributed by atoms with Gasteiger partial charge in [-0.25, -0.2) is 0 Å². The number of rotatable bonds is 8. The van der Waals surface area contributed by atoms with Crippen LogP contribution in [0.5, 0.6) is 0 Å². The first kappa shape index (κ1) is 18.2. The molecule has 0 radical (unpaired) electrons. The Morgan fingerprint density at radius 2 is 0.808 bits per heavy atom. The van der Waals surface area contributed by atoms with Crippen molar-refractivity contribution in [2.45, 2.75) is 50.1 Å². The van der Waals surface area contributed by atoms with Crippen LogP contribution in [0.4, 0.5) is 0 Å². The van der Waals surface area contributed by atoms with Gasteiger partial charge in [-0.1, -0.05) is 0 Å². The highest BCUT2D eigenvalue weighted by Crippen LogP contribution is 2.33. The third kappa shape index (κ3) is 4.19. The minimum Gasteiger partial charge on any atom is -0.368 e. The molecule has 0 spiro atoms. The Morgan fingerprint density at radius 1 is 0.615 bits per heavy atom. The zero-order chi connectivity index (χ0) is 18.8. The number of ether oxygens (including phenoxy) is 4. The van der Waals surface area contributed by atoms with Crippen molar-refractivity contribution < 1.29 is 28.5 Å². The summed E-state index contributed by atoms with van der Waals surface area (Å²) in [5, 5.41) is 0. The predicted octanol–water partition coefficient (Wildman–Crippen LogP) is -0.201. The lowest BCUT2D eigenvalue weighted by Crippen LogP contribution is -2.53. The van der Waals surface area contributed by atoms with Crippen molar-refractivity contribution in [2.75, 3.05) is 52.6 Å². The van der Waals surface area contributed by atoms with Gasteiger partial charge in [-0.3, -0.25) is 9.59 Å². The van der Waals surface area contributed by atoms with Crippen LogP contribution >= 0.6 is 0 Å². The van der Waals surface area contributed by atoms with Crippen molar-refractivity contribution in [3.05, 3.63) is 0 Å². The Kier molecular flexibility index (Phi) is 3.94. The standard InChI is InChI=1S/C18H28N2O6/c1-15(9-23-15)5-19(6-16(2)10-24-16)13(21)14(22)20(7-17(3)11-25-17)8-18(4)12-26-18/h5-12H2,1-4H3. The summed E-state index contributed by atoms with van der Waals surface area (Å²) >= 11 is 0. The second kappa shape index (κ2) is 5.64. The molecule has 26 heavy (non-hydrogen) atoms. The maximum absolute atomic E-state index is 13.1. The summed E-state index contributed by atoms with van der Waals surface area (Å²) in [6.45, 7) is 11.8. The molecule has 8 heteroatoms. The van der Waals surface area contributed by atoms with E-state index in [0.717, 1.165) is 0 Å². The average molecular weight is 368 g/mol. The van der Waals surface area contributed by atoms with Gasteiger partial charge in [0.05, 0.1) is 52.6 Å². The second-order valence-electron chi connectivity index (χ2n) is 9.28. The monoisotopic (exact) mass is 368 g/mol. The first-order valence-corrected chi connectivity index (χ1v) is 9.17. The van der Waals surface area contributed by atoms with E-state index in [1.807, 2.05) is 27.7 Å². The molecule has 4 rings (SSSR count). The molecule has 4 atom stereocenters. The minimum absolute atomic E-state index is 0.358. The molecule has 4 unspecified atom stereocenters. The molecule has 4 aliphatic rings. The summed E-state index contributed by atoms with van der Waals surface area (Å²) in [7, 11) is 0. The molecule has 4 fully saturated rings. The summed E-state index contributed by atoms with van der Waals surface area (Å²) in [5.41, 5.74) is -1.43. The fourth-order valence-electron chi connectivity index (χ4n) is 3.14. The van der Waals surface area contributed by atoms with Gasteiger partial charge < -0.3 is 28.7 Å². The second-order valence-corrected chi connectivity index (χ2v) is 9.28. The van der Waals surface area contributed by atoms with Crippen molar-refractivity contribution in [2.24, 2.45) is 0 Å². The summed E-state index contributed by atoms with van der Waals surface area (Å²) in [6.07, 6.45) is 0. The van der Waals surface area contributed by atoms with Crippen LogP contribution in [0.1, 0.15) is 27.7 Å². The predicted molar refractivity (Wildman–Crippen MR) is 90.6 cm³/mol. The summed E-state index contributed by atoms with van der Waals surface area (Å²) in [4.78, 5) is 29.3. The van der Waals surface area contributed by atoms with Crippen molar-refractivity contribution in [1.82, 2.24) is 9.80 Å². The van der Waals surface area contributed by atoms with E-state index >= 15 is 0 Å². The summed E-state index contributed by atoms with van der Waals surface area (Å²) in [5.74, 6) is -1.01. The Bertz CT molecular complexity index is 525. The fourth-order valence-corrected chi connectivity index (χ4v) is 3.14. The van der Waals surface area contributed by atoms with Gasteiger partial charge in [0.2, 0.25) is 0 Å². The molecule has 0 aromatic carbocycles. The van der Waals surface area contributed by atoms with Crippen LogP contribution in [0.25, 0.3) is 0 Å². The number of hydrogen-bond acceptors (Lipinski definition) is 6. The van der Waals surface area contributed by atoms with Gasteiger partial charge in [0.25, 0.3) is 0 Å². The summed E-state index contributed by atoms with van der Waals surface area (Å²) < 4.78 is 21.7. The molecule has 0 aromatic heterocycles. The van der Waals surface area contributed by atoms with E-state index in [4.69, 9.17) is 18.9 Å². The minimum atomic E-state index is -0.507. The molecule has 2 amide bonds. The van der Waals surface area contributed by atoms with Crippen LogP contribution in [0.15, 0.2) is 0 Å². The quantitative estimate of drug-likeness (QED) is 0.435. The van der Waals surface area contributed by atoms with Gasteiger partial charge in [-0.05, 0) is 27.7 Å². The van der Waals surface area contributed by atoms with Crippen molar-refractivity contribution in [3.8, 4) is 0 Å². The first-order chi connectivity index (χ1) is 12.0. The lowest BCUT2D eigenvalue weighted by molar-refractivity contribution is -0.153. The number of epoxide rings is 4. The molecular formula is C18H28N2O6. The number of carbonyl (C=O) groups is 2. The summed E-state index contributed by atoms with van der Waals surface area (Å²) in [6, 6.07) is 0. The van der Waals surface area contributed by atoms with E-state index in [1.54, 1.807) is 9.80 Å². The highest BCUT2D eigenvalue weighted by atomic mass is 16.6. The van der Waals surface area contributed by atoms with Crippen LogP contribution in [-0.4, -0.2) is 96.6 Å². The topological polar surface area (TPSA) is 90.7 Å². The van der Waals surface area contributed by atoms with E-state index in [1.165, 1.54) is 0 Å². The first-order valence-electron chi connectivity index (χ1n) is 9.17. The number of carbonyl (C=O) groups excluding carboxylic acids is 2. The van der Waals surface area contributed by atoms with E-state index in [-0.39, 0.29) is 22.4 Å². The third-order valence-corrected chi connectivity index (χ3v) is 5.41. The molecule has 0 bridgehead atoms. The van der Waals surface area contributed by atoms with E-state index in [0.29, 0.717) is 52.6 Å². The number of hydrogen-bond donors (Lipinski definition) is 0. The van der Waals surface area contributed by atoms with Gasteiger partial charge in [-0.15, -0.1) is 0 Å². The maximum atomic E-state index is 13.1. The van der Waals surface area contributed by atoms with Gasteiger partial charge in [0, 0.05) is 0 Å². The van der Waals surface area contributed by atoms with Gasteiger partial charge >= 0.3 is 11.8 Å². The van der Waals surface area contributed by atoms with Crippen molar-refractivity contribution in [3.63, 3.8) is 0 Å². The molecule has 4 heterocycles. The Morgan fingerprint density at radius 3 is 0.962 bits per heavy atom. The Hall–Kier alpha value is -1.22. The molecule has 4 aliphatic heterocycles. The molecule has 0 saturated carbocycles. The molecule has 146 valence electrons. The molecule has 0 aromatic rings. The normalized spacial score (nSPS) is 42.2. The van der Waals surface area contributed by atoms with Crippen molar-refractivity contribution >= 4 is 11.8 Å². The van der Waals surface area contributed by atoms with Gasteiger partial charge in [0.15, 0.2) is 0 Å². The number of nitrogens with zero attached hydrogens (tertiary/aromatic N) is 2. The van der Waals surface area contributed by atoms with Crippen LogP contribution < -0.4 is 0 Å². The SMILES string of the molecule is CC1(CN(CC2(C)CO2)C(=O)C(=O)N(CC2(C)CO2)CC2(C)CO2)CO1. The lowest BCUT2D eigenvalue weighted by Gasteiger charge is -2.30. The smallest absolute Gasteiger partial charge is 0.312 e. The van der Waals surface area contributed by atoms with Crippen molar-refractivity contribution in [1.29, 1.82) is 0 Å². The molecule has 0 N–H and O–H groups in total. The third-order valence-electron chi connectivity index (χ3n) is 5.41. The van der Waals surface area contributed by atoms with Gasteiger partial charge in [0.1, 0.15) is 22.4 Å². The fraction of sp³-hybridized carbons (Fsp3) is 0.889. The van der Waals surface area contributed by atoms with Gasteiger partial charge in [-0.2, -0.15) is 0 Å². The van der Waals surface area contributed by atoms with E-state index < -0.39 is 11.8 Å². The van der Waals surface area contributed by atoms with E-state index in [2.05, 4.69) is 0 Å². The zero-order valence-corrected chi connectivity index (χ0v) is 16.0. The maximum Gasteiger partial charge on any atom is 0.312 e. The molecule has 8 nitrogen and oxygen atoms in total. The Labute approximate surface area is 153 Å². The zero-order valence-electron chi connectivity index (χ0n) is 16.0. The lowest BCUT2D eigenvalue weighted by atomic mass is 10.1. The van der Waals surface area contributed by atoms with Crippen LogP contribution in [0.2, 0.25) is 0 Å². The Balaban J connectivity index is 1.46. The van der Waals surface area contributed by atoms with Crippen LogP contribution in [0, 0.1) is 0 Å². The molecule has 0 aliphatic carbocycles. The average Bonchev–Trinajstić information content (AvgIpc) is 3.36. The number of amides is 2. The van der Waals surface area contributed by atoms with E-state index in [9.17, 15) is 9.59 Å². The largest absolute Gasteiger partial charge is 0.368 e. The highest BCUT2D eigenvalue weighted by molar-refractivity contribution is 6.35. The molecular weight excluding hydrogens is 340 g/mol. The van der Waals surface area contributed by atoms with Crippen LogP contribution in [-0.2, 0) is 28.5 Å². The molecule has 4 saturated heterocycles.